The number of esters is 1. The van der Waals surface area contributed by atoms with Crippen molar-refractivity contribution < 1.29 is 23.9 Å². The Bertz CT molecular complexity index is 1400. The summed E-state index contributed by atoms with van der Waals surface area (Å²) in [6.45, 7) is 0.430. The van der Waals surface area contributed by atoms with Crippen molar-refractivity contribution in [3.05, 3.63) is 108 Å². The van der Waals surface area contributed by atoms with Crippen LogP contribution in [0.4, 0.5) is 0 Å². The normalized spacial score (nSPS) is 28.6. The van der Waals surface area contributed by atoms with Crippen LogP contribution in [0.25, 0.3) is 0 Å². The molecule has 1 heterocycles. The van der Waals surface area contributed by atoms with E-state index in [-0.39, 0.29) is 41.9 Å². The second-order valence-corrected chi connectivity index (χ2v) is 11.1. The smallest absolute Gasteiger partial charge is 0.335 e. The van der Waals surface area contributed by atoms with Crippen LogP contribution in [0.15, 0.2) is 97.1 Å². The monoisotopic (exact) mass is 519 g/mol. The van der Waals surface area contributed by atoms with Gasteiger partial charge in [0.2, 0.25) is 11.8 Å². The van der Waals surface area contributed by atoms with Crippen LogP contribution >= 0.6 is 0 Å². The molecule has 0 unspecified atom stereocenters. The van der Waals surface area contributed by atoms with Gasteiger partial charge in [0.25, 0.3) is 0 Å². The van der Waals surface area contributed by atoms with E-state index in [2.05, 4.69) is 12.2 Å². The van der Waals surface area contributed by atoms with Gasteiger partial charge in [-0.25, -0.2) is 4.79 Å². The average Bonchev–Trinajstić information content (AvgIpc) is 3.76. The molecule has 3 aromatic rings. The third-order valence-corrected chi connectivity index (χ3v) is 8.84. The van der Waals surface area contributed by atoms with E-state index in [1.54, 1.807) is 24.3 Å². The van der Waals surface area contributed by atoms with E-state index in [0.29, 0.717) is 29.9 Å². The third kappa shape index (κ3) is 4.24. The van der Waals surface area contributed by atoms with Gasteiger partial charge in [-0.2, -0.15) is 0 Å². The molecule has 7 atom stereocenters. The first-order valence-corrected chi connectivity index (χ1v) is 13.7. The highest BCUT2D eigenvalue weighted by molar-refractivity contribution is 6.09. The van der Waals surface area contributed by atoms with E-state index in [0.717, 1.165) is 17.5 Å². The number of imide groups is 1. The summed E-state index contributed by atoms with van der Waals surface area (Å²) >= 11 is 0. The van der Waals surface area contributed by atoms with Gasteiger partial charge in [-0.1, -0.05) is 72.8 Å². The lowest BCUT2D eigenvalue weighted by Crippen LogP contribution is -2.48. The highest BCUT2D eigenvalue weighted by atomic mass is 16.5. The van der Waals surface area contributed by atoms with Crippen LogP contribution in [0, 0.1) is 35.5 Å². The summed E-state index contributed by atoms with van der Waals surface area (Å²) in [5.74, 6) is 0.412. The second-order valence-electron chi connectivity index (χ2n) is 11.1. The maximum absolute atomic E-state index is 13.8. The number of carbonyl (C=O) groups is 3. The Hall–Kier alpha value is -4.19. The Labute approximate surface area is 227 Å². The Kier molecular flexibility index (Phi) is 5.84. The minimum absolute atomic E-state index is 0.100. The quantitative estimate of drug-likeness (QED) is 0.184. The van der Waals surface area contributed by atoms with Crippen molar-refractivity contribution in [3.63, 3.8) is 0 Å². The van der Waals surface area contributed by atoms with E-state index in [1.807, 2.05) is 60.7 Å². The molecule has 2 amide bonds. The van der Waals surface area contributed by atoms with Crippen molar-refractivity contribution in [1.29, 1.82) is 0 Å². The molecule has 0 aromatic heterocycles. The molecule has 6 heteroatoms. The van der Waals surface area contributed by atoms with Gasteiger partial charge >= 0.3 is 5.97 Å². The number of allylic oxidation sites excluding steroid dienone is 2. The fraction of sp³-hybridized carbons (Fsp3) is 0.303. The fourth-order valence-electron chi connectivity index (χ4n) is 6.93. The zero-order valence-electron chi connectivity index (χ0n) is 21.4. The number of ether oxygens (including phenoxy) is 2. The molecule has 2 bridgehead atoms. The minimum Gasteiger partial charge on any atom is -0.489 e. The first-order chi connectivity index (χ1) is 19.1. The van der Waals surface area contributed by atoms with Crippen LogP contribution in [-0.4, -0.2) is 28.7 Å². The van der Waals surface area contributed by atoms with Crippen molar-refractivity contribution in [2.45, 2.75) is 25.5 Å². The van der Waals surface area contributed by atoms with Gasteiger partial charge in [0.15, 0.2) is 0 Å². The first kappa shape index (κ1) is 23.9. The predicted molar refractivity (Wildman–Crippen MR) is 143 cm³/mol. The Morgan fingerprint density at radius 1 is 0.744 bits per heavy atom. The van der Waals surface area contributed by atoms with Crippen molar-refractivity contribution in [2.75, 3.05) is 0 Å². The molecule has 8 rings (SSSR count). The van der Waals surface area contributed by atoms with Crippen LogP contribution < -0.4 is 9.47 Å². The molecule has 1 aliphatic heterocycles. The van der Waals surface area contributed by atoms with Crippen LogP contribution in [0.2, 0.25) is 0 Å². The number of nitrogens with zero attached hydrogens (tertiary/aromatic N) is 1. The summed E-state index contributed by atoms with van der Waals surface area (Å²) in [5, 5.41) is 0. The minimum atomic E-state index is -1.03. The van der Waals surface area contributed by atoms with Crippen molar-refractivity contribution in [1.82, 2.24) is 4.90 Å². The highest BCUT2D eigenvalue weighted by Crippen LogP contribution is 2.65. The second kappa shape index (κ2) is 9.53. The summed E-state index contributed by atoms with van der Waals surface area (Å²) in [4.78, 5) is 42.4. The lowest BCUT2D eigenvalue weighted by Gasteiger charge is -2.37. The molecule has 39 heavy (non-hydrogen) atoms. The van der Waals surface area contributed by atoms with Gasteiger partial charge in [0, 0.05) is 6.42 Å². The average molecular weight is 520 g/mol. The van der Waals surface area contributed by atoms with E-state index in [4.69, 9.17) is 9.47 Å². The van der Waals surface area contributed by atoms with Gasteiger partial charge in [0.1, 0.15) is 24.1 Å². The van der Waals surface area contributed by atoms with Crippen LogP contribution in [0.5, 0.6) is 11.5 Å². The maximum Gasteiger partial charge on any atom is 0.335 e. The number of carbonyl (C=O) groups excluding carboxylic acids is 3. The van der Waals surface area contributed by atoms with E-state index >= 15 is 0 Å². The van der Waals surface area contributed by atoms with E-state index in [9.17, 15) is 14.4 Å². The molecule has 0 radical (unpaired) electrons. The molecule has 4 aliphatic carbocycles. The molecule has 3 fully saturated rings. The zero-order chi connectivity index (χ0) is 26.5. The standard InChI is InChI=1S/C33H29NO5/c35-31-29-24-15-16-25(27-18-26(24)27)30(29)32(36)34(31)28(17-20-7-3-1-4-8-20)33(37)39-23-13-11-22(12-14-23)38-19-21-9-5-2-6-10-21/h1-16,24-30H,17-19H2/t24-,25-,26-,27-,28-,29-,30+/m1/s1. The largest absolute Gasteiger partial charge is 0.489 e. The van der Waals surface area contributed by atoms with Crippen molar-refractivity contribution in [3.8, 4) is 11.5 Å². The first-order valence-electron chi connectivity index (χ1n) is 13.7. The lowest BCUT2D eigenvalue weighted by atomic mass is 9.63. The Morgan fingerprint density at radius 3 is 1.87 bits per heavy atom. The third-order valence-electron chi connectivity index (χ3n) is 8.84. The summed E-state index contributed by atoms with van der Waals surface area (Å²) in [6, 6.07) is 25.1. The molecule has 1 saturated heterocycles. The molecular weight excluding hydrogens is 490 g/mol. The van der Waals surface area contributed by atoms with Crippen LogP contribution in [0.1, 0.15) is 17.5 Å². The van der Waals surface area contributed by atoms with Gasteiger partial charge in [-0.05, 0) is 65.5 Å². The lowest BCUT2D eigenvalue weighted by molar-refractivity contribution is -0.153. The van der Waals surface area contributed by atoms with Crippen molar-refractivity contribution >= 4 is 17.8 Å². The number of hydrogen-bond acceptors (Lipinski definition) is 5. The molecule has 0 N–H and O–H groups in total. The summed E-state index contributed by atoms with van der Waals surface area (Å²) in [7, 11) is 0. The molecule has 2 saturated carbocycles. The van der Waals surface area contributed by atoms with E-state index < -0.39 is 12.0 Å². The molecule has 3 aromatic carbocycles. The SMILES string of the molecule is O=C(Oc1ccc(OCc2ccccc2)cc1)[C@@H](Cc1ccccc1)N1C(=O)[C@@H]2[C@@H]3C=C[C@H]([C@H]4C[C@H]34)[C@@H]2C1=O. The summed E-state index contributed by atoms with van der Waals surface area (Å²) in [5.41, 5.74) is 1.92. The number of likely N-dealkylation sites (tertiary alicyclic amines) is 1. The summed E-state index contributed by atoms with van der Waals surface area (Å²) in [6.07, 6.45) is 5.59. The molecule has 6 nitrogen and oxygen atoms in total. The molecule has 196 valence electrons. The topological polar surface area (TPSA) is 72.9 Å². The van der Waals surface area contributed by atoms with Gasteiger partial charge < -0.3 is 9.47 Å². The molecular formula is C33H29NO5. The van der Waals surface area contributed by atoms with Gasteiger partial charge in [0.05, 0.1) is 11.8 Å². The number of hydrogen-bond donors (Lipinski definition) is 0. The Balaban J connectivity index is 1.10. The van der Waals surface area contributed by atoms with Crippen LogP contribution in [-0.2, 0) is 27.4 Å². The van der Waals surface area contributed by atoms with Gasteiger partial charge in [-0.15, -0.1) is 0 Å². The predicted octanol–water partition coefficient (Wildman–Crippen LogP) is 4.84. The number of benzene rings is 3. The number of amides is 2. The highest BCUT2D eigenvalue weighted by Gasteiger charge is 2.68. The van der Waals surface area contributed by atoms with Crippen molar-refractivity contribution in [2.24, 2.45) is 35.5 Å². The van der Waals surface area contributed by atoms with Crippen LogP contribution in [0.3, 0.4) is 0 Å². The maximum atomic E-state index is 13.8. The Morgan fingerprint density at radius 2 is 1.28 bits per heavy atom. The summed E-state index contributed by atoms with van der Waals surface area (Å²) < 4.78 is 11.6. The zero-order valence-corrected chi connectivity index (χ0v) is 21.4. The molecule has 5 aliphatic rings. The molecule has 0 spiro atoms. The fourth-order valence-corrected chi connectivity index (χ4v) is 6.93. The van der Waals surface area contributed by atoms with Gasteiger partial charge in [-0.3, -0.25) is 14.5 Å². The van der Waals surface area contributed by atoms with E-state index in [1.165, 1.54) is 4.90 Å². The number of rotatable bonds is 8.